The van der Waals surface area contributed by atoms with E-state index in [0.29, 0.717) is 24.8 Å². The Labute approximate surface area is 107 Å². The highest BCUT2D eigenvalue weighted by atomic mass is 16.8. The summed E-state index contributed by atoms with van der Waals surface area (Å²) in [5, 5.41) is 18.9. The van der Waals surface area contributed by atoms with Crippen LogP contribution in [0.1, 0.15) is 25.3 Å². The third-order valence-electron chi connectivity index (χ3n) is 3.24. The van der Waals surface area contributed by atoms with Crippen LogP contribution in [0.15, 0.2) is 18.2 Å². The van der Waals surface area contributed by atoms with Crippen molar-refractivity contribution in [1.29, 1.82) is 0 Å². The maximum Gasteiger partial charge on any atom is 0.120 e. The summed E-state index contributed by atoms with van der Waals surface area (Å²) in [5.74, 6) is 0.349. The van der Waals surface area contributed by atoms with Gasteiger partial charge in [-0.15, -0.1) is 0 Å². The van der Waals surface area contributed by atoms with Crippen LogP contribution >= 0.6 is 0 Å². The summed E-state index contributed by atoms with van der Waals surface area (Å²) in [5.41, 5.74) is 2.32. The molecule has 1 saturated heterocycles. The Hall–Kier alpha value is -1.30. The number of nitrogens with zero attached hydrogens (tertiary/aromatic N) is 2. The smallest absolute Gasteiger partial charge is 0.120 e. The first-order chi connectivity index (χ1) is 8.59. The summed E-state index contributed by atoms with van der Waals surface area (Å²) >= 11 is 0. The van der Waals surface area contributed by atoms with E-state index in [1.54, 1.807) is 0 Å². The van der Waals surface area contributed by atoms with Crippen LogP contribution in [0.4, 0.5) is 11.4 Å². The average Bonchev–Trinajstić information content (AvgIpc) is 2.39. The minimum absolute atomic E-state index is 0.205. The van der Waals surface area contributed by atoms with Gasteiger partial charge in [0.25, 0.3) is 0 Å². The molecular formula is C13H20N2O3. The lowest BCUT2D eigenvalue weighted by molar-refractivity contribution is 0.122. The molecular weight excluding hydrogens is 232 g/mol. The molecule has 0 bridgehead atoms. The molecule has 5 heteroatoms. The molecule has 1 aliphatic heterocycles. The largest absolute Gasteiger partial charge is 0.694 e. The Balaban J connectivity index is 2.33. The predicted octanol–water partition coefficient (Wildman–Crippen LogP) is 1.59. The van der Waals surface area contributed by atoms with Crippen molar-refractivity contribution in [2.75, 3.05) is 36.4 Å². The quantitative estimate of drug-likeness (QED) is 0.605. The number of ether oxygens (including phenoxy) is 1. The highest BCUT2D eigenvalue weighted by Crippen LogP contribution is 2.32. The molecule has 1 fully saturated rings. The second-order valence-electron chi connectivity index (χ2n) is 4.80. The lowest BCUT2D eigenvalue weighted by Gasteiger charge is -2.32. The van der Waals surface area contributed by atoms with Gasteiger partial charge in [0.15, 0.2) is 0 Å². The van der Waals surface area contributed by atoms with Crippen LogP contribution in [0, 0.1) is 5.21 Å². The fourth-order valence-electron chi connectivity index (χ4n) is 2.13. The average molecular weight is 252 g/mol. The van der Waals surface area contributed by atoms with Crippen molar-refractivity contribution in [3.8, 4) is 0 Å². The van der Waals surface area contributed by atoms with Crippen LogP contribution in [0.3, 0.4) is 0 Å². The number of hydrogen-bond donors (Lipinski definition) is 0. The molecule has 0 amide bonds. The minimum Gasteiger partial charge on any atom is -0.694 e. The molecule has 1 aliphatic rings. The Morgan fingerprint density at radius 1 is 1.33 bits per heavy atom. The molecule has 0 atom stereocenters. The molecule has 18 heavy (non-hydrogen) atoms. The van der Waals surface area contributed by atoms with Gasteiger partial charge in [-0.1, -0.05) is 19.9 Å². The van der Waals surface area contributed by atoms with Crippen LogP contribution in [-0.4, -0.2) is 31.5 Å². The third kappa shape index (κ3) is 2.75. The molecule has 0 radical (unpaired) electrons. The van der Waals surface area contributed by atoms with E-state index in [9.17, 15) is 5.21 Å². The van der Waals surface area contributed by atoms with Gasteiger partial charge in [-0.05, 0) is 23.6 Å². The molecule has 2 N–H and O–H groups in total. The summed E-state index contributed by atoms with van der Waals surface area (Å²) in [4.78, 5) is 2.10. The van der Waals surface area contributed by atoms with Gasteiger partial charge >= 0.3 is 0 Å². The van der Waals surface area contributed by atoms with Gasteiger partial charge in [-0.2, -0.15) is 5.23 Å². The SMILES string of the molecule is CC(C)c1ccc(N2CCOCC2)c(N([O-])[OH2+])c1. The highest BCUT2D eigenvalue weighted by Gasteiger charge is 2.17. The van der Waals surface area contributed by atoms with E-state index in [1.807, 2.05) is 18.2 Å². The minimum atomic E-state index is 0.205. The van der Waals surface area contributed by atoms with Gasteiger partial charge in [0.2, 0.25) is 0 Å². The molecule has 1 aromatic rings. The molecule has 100 valence electrons. The van der Waals surface area contributed by atoms with Crippen molar-refractivity contribution in [3.63, 3.8) is 0 Å². The molecule has 0 saturated carbocycles. The van der Waals surface area contributed by atoms with Gasteiger partial charge < -0.3 is 20.1 Å². The van der Waals surface area contributed by atoms with Crippen LogP contribution in [0.2, 0.25) is 0 Å². The molecule has 0 aliphatic carbocycles. The van der Waals surface area contributed by atoms with E-state index in [1.165, 1.54) is 0 Å². The molecule has 0 aromatic heterocycles. The van der Waals surface area contributed by atoms with Crippen molar-refractivity contribution in [1.82, 2.24) is 0 Å². The molecule has 0 spiro atoms. The number of rotatable bonds is 3. The van der Waals surface area contributed by atoms with Gasteiger partial charge in [-0.25, -0.2) is 0 Å². The molecule has 0 unspecified atom stereocenters. The zero-order valence-electron chi connectivity index (χ0n) is 10.8. The first-order valence-electron chi connectivity index (χ1n) is 6.24. The van der Waals surface area contributed by atoms with Crippen LogP contribution in [-0.2, 0) is 4.74 Å². The summed E-state index contributed by atoms with van der Waals surface area (Å²) in [6.07, 6.45) is 0. The van der Waals surface area contributed by atoms with E-state index in [4.69, 9.17) is 9.94 Å². The summed E-state index contributed by atoms with van der Waals surface area (Å²) in [7, 11) is 0. The van der Waals surface area contributed by atoms with Gasteiger partial charge in [0.1, 0.15) is 5.69 Å². The summed E-state index contributed by atoms with van der Waals surface area (Å²) in [6, 6.07) is 5.79. The Morgan fingerprint density at radius 3 is 2.56 bits per heavy atom. The molecule has 1 heterocycles. The van der Waals surface area contributed by atoms with Crippen molar-refractivity contribution in [2.24, 2.45) is 0 Å². The first kappa shape index (κ1) is 13.1. The molecule has 5 nitrogen and oxygen atoms in total. The highest BCUT2D eigenvalue weighted by molar-refractivity contribution is 5.72. The number of hydrogen-bond acceptors (Lipinski definition) is 4. The van der Waals surface area contributed by atoms with Gasteiger partial charge in [-0.3, -0.25) is 0 Å². The van der Waals surface area contributed by atoms with Crippen molar-refractivity contribution >= 4 is 11.4 Å². The first-order valence-corrected chi connectivity index (χ1v) is 6.24. The van der Waals surface area contributed by atoms with E-state index >= 15 is 0 Å². The van der Waals surface area contributed by atoms with E-state index in [2.05, 4.69) is 18.7 Å². The summed E-state index contributed by atoms with van der Waals surface area (Å²) in [6.45, 7) is 7.02. The van der Waals surface area contributed by atoms with E-state index < -0.39 is 0 Å². The van der Waals surface area contributed by atoms with E-state index in [0.717, 1.165) is 24.3 Å². The standard InChI is InChI=1S/C13H19N2O3/c1-10(2)11-3-4-12(13(9-11)15(16)17)14-5-7-18-8-6-14/h3-4,9-10,16H,5-8H2,1-2H3/q-1/p+1. The predicted molar refractivity (Wildman–Crippen MR) is 73.0 cm³/mol. The number of benzene rings is 1. The number of anilines is 2. The Kier molecular flexibility index (Phi) is 4.06. The summed E-state index contributed by atoms with van der Waals surface area (Å²) < 4.78 is 5.30. The Bertz CT molecular complexity index is 401. The monoisotopic (exact) mass is 252 g/mol. The van der Waals surface area contributed by atoms with E-state index in [-0.39, 0.29) is 5.23 Å². The third-order valence-corrected chi connectivity index (χ3v) is 3.24. The van der Waals surface area contributed by atoms with Gasteiger partial charge in [0, 0.05) is 13.1 Å². The molecule has 2 rings (SSSR count). The molecule has 1 aromatic carbocycles. The Morgan fingerprint density at radius 2 is 2.00 bits per heavy atom. The lowest BCUT2D eigenvalue weighted by Crippen LogP contribution is -2.37. The topological polar surface area (TPSA) is 61.7 Å². The van der Waals surface area contributed by atoms with Crippen molar-refractivity contribution in [2.45, 2.75) is 19.8 Å². The fraction of sp³-hybridized carbons (Fsp3) is 0.538. The van der Waals surface area contributed by atoms with Crippen molar-refractivity contribution in [3.05, 3.63) is 29.0 Å². The van der Waals surface area contributed by atoms with Crippen molar-refractivity contribution < 1.29 is 9.94 Å². The zero-order valence-corrected chi connectivity index (χ0v) is 10.8. The van der Waals surface area contributed by atoms with Gasteiger partial charge in [0.05, 0.1) is 18.9 Å². The lowest BCUT2D eigenvalue weighted by atomic mass is 10.0. The zero-order chi connectivity index (χ0) is 13.1. The maximum absolute atomic E-state index is 11.4. The van der Waals surface area contributed by atoms with Crippen LogP contribution in [0.25, 0.3) is 0 Å². The second-order valence-corrected chi connectivity index (χ2v) is 4.80. The fourth-order valence-corrected chi connectivity index (χ4v) is 2.13. The number of morpholine rings is 1. The normalized spacial score (nSPS) is 16.2. The second kappa shape index (κ2) is 5.56. The van der Waals surface area contributed by atoms with Crippen LogP contribution in [0.5, 0.6) is 0 Å². The maximum atomic E-state index is 11.4. The van der Waals surface area contributed by atoms with Crippen LogP contribution < -0.4 is 10.1 Å².